The van der Waals surface area contributed by atoms with Gasteiger partial charge in [0.2, 0.25) is 0 Å². The Bertz CT molecular complexity index is 1100. The molecule has 0 bridgehead atoms. The van der Waals surface area contributed by atoms with Crippen molar-refractivity contribution in [3.63, 3.8) is 0 Å². The van der Waals surface area contributed by atoms with Crippen LogP contribution in [0.15, 0.2) is 50.9 Å². The maximum atomic E-state index is 13.0. The molecular weight excluding hydrogens is 545 g/mol. The number of hydrogen-bond acceptors (Lipinski definition) is 5. The number of barbiturate groups is 1. The molecule has 0 unspecified atom stereocenters. The summed E-state index contributed by atoms with van der Waals surface area (Å²) in [5.41, 5.74) is 5.37. The van der Waals surface area contributed by atoms with E-state index in [-0.39, 0.29) is 17.0 Å². The van der Waals surface area contributed by atoms with Gasteiger partial charge in [0, 0.05) is 15.1 Å². The van der Waals surface area contributed by atoms with Gasteiger partial charge in [-0.05, 0) is 58.4 Å². The van der Waals surface area contributed by atoms with Crippen molar-refractivity contribution in [3.8, 4) is 5.75 Å². The first-order chi connectivity index (χ1) is 14.2. The molecule has 2 aromatic rings. The second-order valence-corrected chi connectivity index (χ2v) is 8.20. The van der Waals surface area contributed by atoms with E-state index < -0.39 is 30.4 Å². The lowest BCUT2D eigenvalue weighted by Gasteiger charge is -2.26. The van der Waals surface area contributed by atoms with Gasteiger partial charge in [-0.15, -0.1) is 0 Å². The summed E-state index contributed by atoms with van der Waals surface area (Å²) < 4.78 is 6.49. The Labute approximate surface area is 192 Å². The lowest BCUT2D eigenvalue weighted by Crippen LogP contribution is -2.54. The van der Waals surface area contributed by atoms with Gasteiger partial charge >= 0.3 is 6.03 Å². The maximum absolute atomic E-state index is 13.0. The quantitative estimate of drug-likeness (QED) is 0.432. The predicted molar refractivity (Wildman–Crippen MR) is 117 cm³/mol. The first-order valence-corrected chi connectivity index (χ1v) is 10.2. The molecule has 154 valence electrons. The third kappa shape index (κ3) is 4.72. The van der Waals surface area contributed by atoms with Gasteiger partial charge in [0.1, 0.15) is 11.3 Å². The Morgan fingerprint density at radius 2 is 1.83 bits per heavy atom. The van der Waals surface area contributed by atoms with Crippen molar-refractivity contribution in [1.29, 1.82) is 0 Å². The van der Waals surface area contributed by atoms with Crippen LogP contribution in [0.3, 0.4) is 0 Å². The zero-order valence-corrected chi connectivity index (χ0v) is 18.9. The van der Waals surface area contributed by atoms with E-state index in [0.29, 0.717) is 19.5 Å². The molecule has 0 atom stereocenters. The van der Waals surface area contributed by atoms with Gasteiger partial charge in [-0.1, -0.05) is 27.5 Å². The van der Waals surface area contributed by atoms with Crippen LogP contribution in [-0.4, -0.2) is 30.4 Å². The Balaban J connectivity index is 2.06. The molecule has 0 aromatic heterocycles. The molecule has 30 heavy (non-hydrogen) atoms. The molecule has 1 fully saturated rings. The summed E-state index contributed by atoms with van der Waals surface area (Å²) in [5, 5.41) is 2.55. The van der Waals surface area contributed by atoms with Crippen LogP contribution in [0, 0.1) is 0 Å². The second kappa shape index (κ2) is 8.99. The van der Waals surface area contributed by atoms with Crippen LogP contribution < -0.4 is 20.7 Å². The molecule has 0 radical (unpaired) electrons. The number of carbonyl (C=O) groups is 4. The number of nitrogens with zero attached hydrogens (tertiary/aromatic N) is 1. The van der Waals surface area contributed by atoms with Crippen LogP contribution in [0.4, 0.5) is 10.5 Å². The fraction of sp³-hybridized carbons (Fsp3) is 0.0526. The number of imide groups is 2. The second-order valence-electron chi connectivity index (χ2n) is 6.00. The third-order valence-electron chi connectivity index (χ3n) is 3.88. The van der Waals surface area contributed by atoms with E-state index in [1.165, 1.54) is 30.3 Å². The number of ether oxygens (including phenoxy) is 1. The summed E-state index contributed by atoms with van der Waals surface area (Å²) in [4.78, 5) is 49.6. The first-order valence-electron chi connectivity index (χ1n) is 8.24. The van der Waals surface area contributed by atoms with Crippen molar-refractivity contribution in [2.24, 2.45) is 5.73 Å². The van der Waals surface area contributed by atoms with Gasteiger partial charge in [0.05, 0.1) is 10.2 Å². The molecule has 0 aliphatic carbocycles. The number of primary amides is 1. The lowest BCUT2D eigenvalue weighted by atomic mass is 10.1. The fourth-order valence-electron chi connectivity index (χ4n) is 2.62. The van der Waals surface area contributed by atoms with Crippen LogP contribution in [0.1, 0.15) is 5.56 Å². The summed E-state index contributed by atoms with van der Waals surface area (Å²) in [6, 6.07) is 8.33. The number of benzene rings is 2. The first kappa shape index (κ1) is 22.0. The number of anilines is 1. The highest BCUT2D eigenvalue weighted by Gasteiger charge is 2.37. The molecule has 1 aliphatic heterocycles. The maximum Gasteiger partial charge on any atom is 0.335 e. The van der Waals surface area contributed by atoms with E-state index >= 15 is 0 Å². The molecule has 0 saturated carbocycles. The Morgan fingerprint density at radius 1 is 1.17 bits per heavy atom. The van der Waals surface area contributed by atoms with Crippen molar-refractivity contribution in [2.75, 3.05) is 11.5 Å². The minimum atomic E-state index is -0.884. The van der Waals surface area contributed by atoms with Gasteiger partial charge in [-0.25, -0.2) is 9.69 Å². The Kier molecular flexibility index (Phi) is 6.59. The number of urea groups is 1. The standard InChI is InChI=1S/C19H12Br2ClN3O5/c20-10-5-9(16(14(21)7-10)30-8-15(23)26)6-13-17(27)24-19(29)25(18(13)28)12-3-1-11(22)2-4-12/h1-7H,8H2,(H2,23,26)(H,24,27,29)/b13-6-. The van der Waals surface area contributed by atoms with E-state index in [9.17, 15) is 19.2 Å². The topological polar surface area (TPSA) is 119 Å². The molecule has 1 saturated heterocycles. The zero-order valence-electron chi connectivity index (χ0n) is 14.9. The monoisotopic (exact) mass is 555 g/mol. The Hall–Kier alpha value is -2.69. The van der Waals surface area contributed by atoms with Crippen molar-refractivity contribution >= 4 is 79.0 Å². The van der Waals surface area contributed by atoms with Gasteiger partial charge in [0.25, 0.3) is 17.7 Å². The molecule has 1 aliphatic rings. The van der Waals surface area contributed by atoms with Gasteiger partial charge in [-0.3, -0.25) is 19.7 Å². The number of halogens is 3. The number of hydrogen-bond donors (Lipinski definition) is 2. The summed E-state index contributed by atoms with van der Waals surface area (Å²) >= 11 is 12.5. The van der Waals surface area contributed by atoms with Crippen LogP contribution in [0.5, 0.6) is 5.75 Å². The van der Waals surface area contributed by atoms with E-state index in [2.05, 4.69) is 37.2 Å². The summed E-state index contributed by atoms with van der Waals surface area (Å²) in [6.07, 6.45) is 1.26. The number of carbonyl (C=O) groups excluding carboxylic acids is 4. The van der Waals surface area contributed by atoms with Gasteiger partial charge in [0.15, 0.2) is 6.61 Å². The highest BCUT2D eigenvalue weighted by molar-refractivity contribution is 9.11. The predicted octanol–water partition coefficient (Wildman–Crippen LogP) is 3.40. The average molecular weight is 558 g/mol. The van der Waals surface area contributed by atoms with Crippen molar-refractivity contribution in [3.05, 3.63) is 61.5 Å². The number of nitrogens with two attached hydrogens (primary N) is 1. The van der Waals surface area contributed by atoms with Crippen LogP contribution in [-0.2, 0) is 14.4 Å². The molecule has 1 heterocycles. The highest BCUT2D eigenvalue weighted by Crippen LogP contribution is 2.35. The lowest BCUT2D eigenvalue weighted by molar-refractivity contribution is -0.123. The number of rotatable bonds is 5. The van der Waals surface area contributed by atoms with Crippen molar-refractivity contribution in [2.45, 2.75) is 0 Å². The zero-order chi connectivity index (χ0) is 22.0. The molecule has 0 spiro atoms. The number of nitrogens with one attached hydrogen (secondary N) is 1. The average Bonchev–Trinajstić information content (AvgIpc) is 2.65. The smallest absolute Gasteiger partial charge is 0.335 e. The van der Waals surface area contributed by atoms with Crippen molar-refractivity contribution < 1.29 is 23.9 Å². The molecule has 5 amide bonds. The van der Waals surface area contributed by atoms with E-state index in [1.54, 1.807) is 12.1 Å². The van der Waals surface area contributed by atoms with Crippen molar-refractivity contribution in [1.82, 2.24) is 5.32 Å². The van der Waals surface area contributed by atoms with E-state index in [4.69, 9.17) is 22.1 Å². The SMILES string of the molecule is NC(=O)COc1c(Br)cc(Br)cc1/C=C1/C(=O)NC(=O)N(c2ccc(Cl)cc2)C1=O. The molecule has 3 N–H and O–H groups in total. The minimum Gasteiger partial charge on any atom is -0.482 e. The van der Waals surface area contributed by atoms with Gasteiger partial charge in [-0.2, -0.15) is 0 Å². The van der Waals surface area contributed by atoms with Gasteiger partial charge < -0.3 is 10.5 Å². The summed E-state index contributed by atoms with van der Waals surface area (Å²) in [7, 11) is 0. The summed E-state index contributed by atoms with van der Waals surface area (Å²) in [6.45, 7) is -0.411. The van der Waals surface area contributed by atoms with Crippen LogP contribution in [0.25, 0.3) is 6.08 Å². The summed E-state index contributed by atoms with van der Waals surface area (Å²) in [5.74, 6) is -2.20. The van der Waals surface area contributed by atoms with Crippen LogP contribution >= 0.6 is 43.5 Å². The van der Waals surface area contributed by atoms with E-state index in [1.807, 2.05) is 0 Å². The minimum absolute atomic E-state index is 0.194. The Morgan fingerprint density at radius 3 is 2.47 bits per heavy atom. The van der Waals surface area contributed by atoms with E-state index in [0.717, 1.165) is 4.90 Å². The molecule has 8 nitrogen and oxygen atoms in total. The number of amides is 5. The molecule has 11 heteroatoms. The molecular formula is C19H12Br2ClN3O5. The normalized spacial score (nSPS) is 15.4. The molecule has 3 rings (SSSR count). The highest BCUT2D eigenvalue weighted by atomic mass is 79.9. The fourth-order valence-corrected chi connectivity index (χ4v) is 4.12. The molecule has 2 aromatic carbocycles. The third-order valence-corrected chi connectivity index (χ3v) is 5.18. The largest absolute Gasteiger partial charge is 0.482 e. The van der Waals surface area contributed by atoms with Crippen LogP contribution in [0.2, 0.25) is 5.02 Å².